The third-order valence-electron chi connectivity index (χ3n) is 6.01. The lowest BCUT2D eigenvalue weighted by atomic mass is 9.98. The Morgan fingerprint density at radius 3 is 2.55 bits per heavy atom. The molecule has 1 aromatic heterocycles. The van der Waals surface area contributed by atoms with Crippen molar-refractivity contribution in [3.8, 4) is 5.75 Å². The van der Waals surface area contributed by atoms with Gasteiger partial charge in [0.2, 0.25) is 0 Å². The van der Waals surface area contributed by atoms with Crippen molar-refractivity contribution in [2.45, 2.75) is 25.4 Å². The molecule has 1 atom stereocenters. The van der Waals surface area contributed by atoms with Gasteiger partial charge in [-0.3, -0.25) is 14.5 Å². The predicted octanol–water partition coefficient (Wildman–Crippen LogP) is 3.33. The number of hydrogen-bond donors (Lipinski definition) is 2. The van der Waals surface area contributed by atoms with Crippen LogP contribution < -0.4 is 15.4 Å². The number of fused-ring (bicyclic) bond motifs is 1. The first-order chi connectivity index (χ1) is 16.2. The molecule has 0 radical (unpaired) electrons. The molecule has 2 heterocycles. The van der Waals surface area contributed by atoms with E-state index >= 15 is 0 Å². The molecule has 6 nitrogen and oxygen atoms in total. The molecule has 1 aliphatic rings. The molecule has 2 amide bonds. The first-order valence-electron chi connectivity index (χ1n) is 11.2. The van der Waals surface area contributed by atoms with Crippen LogP contribution in [0.3, 0.4) is 0 Å². The van der Waals surface area contributed by atoms with Crippen molar-refractivity contribution in [3.63, 3.8) is 0 Å². The molecule has 33 heavy (non-hydrogen) atoms. The SMILES string of the molecule is COc1ccccc1CCNC(=O)C(=O)NC[C@H](c1cccs1)N1CCc2ccccc2C1. The highest BCUT2D eigenvalue weighted by Gasteiger charge is 2.26. The van der Waals surface area contributed by atoms with Gasteiger partial charge in [0, 0.05) is 31.1 Å². The summed E-state index contributed by atoms with van der Waals surface area (Å²) in [6.45, 7) is 2.51. The number of nitrogens with zero attached hydrogens (tertiary/aromatic N) is 1. The number of carbonyl (C=O) groups excluding carboxylic acids is 2. The van der Waals surface area contributed by atoms with E-state index in [4.69, 9.17) is 4.74 Å². The molecule has 2 aromatic carbocycles. The van der Waals surface area contributed by atoms with E-state index in [0.717, 1.165) is 30.8 Å². The van der Waals surface area contributed by atoms with Crippen LogP contribution in [0.1, 0.15) is 27.6 Å². The van der Waals surface area contributed by atoms with Crippen LogP contribution in [0.15, 0.2) is 66.0 Å². The van der Waals surface area contributed by atoms with E-state index in [2.05, 4.69) is 45.9 Å². The molecule has 0 fully saturated rings. The smallest absolute Gasteiger partial charge is 0.309 e. The minimum absolute atomic E-state index is 0.0312. The Hall–Kier alpha value is -3.16. The Labute approximate surface area is 198 Å². The van der Waals surface area contributed by atoms with Crippen LogP contribution in [-0.2, 0) is 29.0 Å². The minimum Gasteiger partial charge on any atom is -0.496 e. The summed E-state index contributed by atoms with van der Waals surface area (Å²) in [6.07, 6.45) is 1.57. The fourth-order valence-corrected chi connectivity index (χ4v) is 5.11. The Morgan fingerprint density at radius 2 is 1.76 bits per heavy atom. The van der Waals surface area contributed by atoms with Gasteiger partial charge in [0.15, 0.2) is 0 Å². The number of carbonyl (C=O) groups is 2. The van der Waals surface area contributed by atoms with Gasteiger partial charge in [-0.1, -0.05) is 48.5 Å². The van der Waals surface area contributed by atoms with Crippen molar-refractivity contribution in [1.82, 2.24) is 15.5 Å². The lowest BCUT2D eigenvalue weighted by molar-refractivity contribution is -0.139. The monoisotopic (exact) mass is 463 g/mol. The van der Waals surface area contributed by atoms with Crippen LogP contribution in [0.2, 0.25) is 0 Å². The Bertz CT molecular complexity index is 1080. The Kier molecular flexibility index (Phi) is 7.75. The third kappa shape index (κ3) is 5.80. The summed E-state index contributed by atoms with van der Waals surface area (Å²) in [7, 11) is 1.62. The van der Waals surface area contributed by atoms with E-state index in [1.165, 1.54) is 16.0 Å². The van der Waals surface area contributed by atoms with Crippen LogP contribution in [0.25, 0.3) is 0 Å². The highest BCUT2D eigenvalue weighted by atomic mass is 32.1. The van der Waals surface area contributed by atoms with Crippen LogP contribution in [-0.4, -0.2) is 43.5 Å². The number of rotatable bonds is 8. The molecule has 1 aliphatic heterocycles. The van der Waals surface area contributed by atoms with E-state index in [-0.39, 0.29) is 6.04 Å². The van der Waals surface area contributed by atoms with Crippen molar-refractivity contribution >= 4 is 23.2 Å². The van der Waals surface area contributed by atoms with Gasteiger partial charge >= 0.3 is 11.8 Å². The van der Waals surface area contributed by atoms with Crippen molar-refractivity contribution in [3.05, 3.63) is 87.6 Å². The lowest BCUT2D eigenvalue weighted by Crippen LogP contribution is -2.45. The van der Waals surface area contributed by atoms with Gasteiger partial charge in [0.05, 0.1) is 13.2 Å². The molecule has 0 aliphatic carbocycles. The van der Waals surface area contributed by atoms with E-state index in [9.17, 15) is 9.59 Å². The molecule has 3 aromatic rings. The zero-order valence-electron chi connectivity index (χ0n) is 18.8. The first-order valence-corrected chi connectivity index (χ1v) is 12.1. The summed E-state index contributed by atoms with van der Waals surface area (Å²) < 4.78 is 5.33. The Balaban J connectivity index is 1.32. The van der Waals surface area contributed by atoms with E-state index < -0.39 is 11.8 Å². The molecule has 4 rings (SSSR count). The van der Waals surface area contributed by atoms with Crippen LogP contribution >= 0.6 is 11.3 Å². The number of hydrogen-bond acceptors (Lipinski definition) is 5. The molecule has 0 saturated carbocycles. The third-order valence-corrected chi connectivity index (χ3v) is 6.98. The quantitative estimate of drug-likeness (QED) is 0.503. The van der Waals surface area contributed by atoms with Gasteiger partial charge in [-0.05, 0) is 47.0 Å². The topological polar surface area (TPSA) is 70.7 Å². The summed E-state index contributed by atoms with van der Waals surface area (Å²) >= 11 is 1.68. The zero-order chi connectivity index (χ0) is 23.0. The van der Waals surface area contributed by atoms with Gasteiger partial charge in [0.1, 0.15) is 5.75 Å². The van der Waals surface area contributed by atoms with Gasteiger partial charge in [-0.25, -0.2) is 0 Å². The van der Waals surface area contributed by atoms with E-state index in [0.29, 0.717) is 19.5 Å². The summed E-state index contributed by atoms with van der Waals surface area (Å²) in [5.41, 5.74) is 3.70. The highest BCUT2D eigenvalue weighted by molar-refractivity contribution is 7.10. The number of methoxy groups -OCH3 is 1. The van der Waals surface area contributed by atoms with E-state index in [1.807, 2.05) is 35.7 Å². The van der Waals surface area contributed by atoms with Crippen molar-refractivity contribution in [2.24, 2.45) is 0 Å². The number of nitrogens with one attached hydrogen (secondary N) is 2. The average Bonchev–Trinajstić information content (AvgIpc) is 3.39. The predicted molar refractivity (Wildman–Crippen MR) is 130 cm³/mol. The van der Waals surface area contributed by atoms with Gasteiger partial charge in [-0.2, -0.15) is 0 Å². The van der Waals surface area contributed by atoms with Gasteiger partial charge in [-0.15, -0.1) is 11.3 Å². The molecule has 0 saturated heterocycles. The number of thiophene rings is 1. The van der Waals surface area contributed by atoms with Crippen LogP contribution in [0, 0.1) is 0 Å². The maximum absolute atomic E-state index is 12.5. The number of amides is 2. The summed E-state index contributed by atoms with van der Waals surface area (Å²) in [4.78, 5) is 28.4. The Morgan fingerprint density at radius 1 is 1.00 bits per heavy atom. The van der Waals surface area contributed by atoms with Gasteiger partial charge < -0.3 is 15.4 Å². The molecule has 0 bridgehead atoms. The number of para-hydroxylation sites is 1. The molecule has 172 valence electrons. The zero-order valence-corrected chi connectivity index (χ0v) is 19.6. The fourth-order valence-electron chi connectivity index (χ4n) is 4.24. The molecule has 0 unspecified atom stereocenters. The molecule has 7 heteroatoms. The average molecular weight is 464 g/mol. The molecular weight excluding hydrogens is 434 g/mol. The van der Waals surface area contributed by atoms with Crippen molar-refractivity contribution in [1.29, 1.82) is 0 Å². The van der Waals surface area contributed by atoms with Crippen LogP contribution in [0.5, 0.6) is 5.75 Å². The summed E-state index contributed by atoms with van der Waals surface area (Å²) in [5.74, 6) is -0.439. The maximum atomic E-state index is 12.5. The number of benzene rings is 2. The number of ether oxygens (including phenoxy) is 1. The fraction of sp³-hybridized carbons (Fsp3) is 0.308. The normalized spacial score (nSPS) is 14.2. The largest absolute Gasteiger partial charge is 0.496 e. The van der Waals surface area contributed by atoms with Gasteiger partial charge in [0.25, 0.3) is 0 Å². The highest BCUT2D eigenvalue weighted by Crippen LogP contribution is 2.30. The lowest BCUT2D eigenvalue weighted by Gasteiger charge is -2.35. The summed E-state index contributed by atoms with van der Waals surface area (Å²) in [6, 6.07) is 20.3. The first kappa shape index (κ1) is 23.0. The van der Waals surface area contributed by atoms with Crippen molar-refractivity contribution < 1.29 is 14.3 Å². The second-order valence-electron chi connectivity index (χ2n) is 8.05. The second kappa shape index (κ2) is 11.1. The molecule has 2 N–H and O–H groups in total. The standard InChI is InChI=1S/C26H29N3O3S/c1-32-23-10-5-4-8-20(23)12-14-27-25(30)26(31)28-17-22(24-11-6-16-33-24)29-15-13-19-7-2-3-9-21(19)18-29/h2-11,16,22H,12-15,17-18H2,1H3,(H,27,30)(H,28,31)/t22-/m1/s1. The van der Waals surface area contributed by atoms with Crippen LogP contribution in [0.4, 0.5) is 0 Å². The van der Waals surface area contributed by atoms with Crippen molar-refractivity contribution in [2.75, 3.05) is 26.7 Å². The molecule has 0 spiro atoms. The minimum atomic E-state index is -0.612. The van der Waals surface area contributed by atoms with E-state index in [1.54, 1.807) is 18.4 Å². The summed E-state index contributed by atoms with van der Waals surface area (Å²) in [5, 5.41) is 7.62. The second-order valence-corrected chi connectivity index (χ2v) is 9.03. The maximum Gasteiger partial charge on any atom is 0.309 e. The molecular formula is C26H29N3O3S.